The van der Waals surface area contributed by atoms with E-state index in [9.17, 15) is 4.79 Å². The number of hydrogen-bond donors (Lipinski definition) is 1. The van der Waals surface area contributed by atoms with Gasteiger partial charge in [0.15, 0.2) is 0 Å². The van der Waals surface area contributed by atoms with E-state index in [-0.39, 0.29) is 6.09 Å². The van der Waals surface area contributed by atoms with Crippen LogP contribution in [0.1, 0.15) is 30.5 Å². The molecule has 0 aliphatic heterocycles. The van der Waals surface area contributed by atoms with Gasteiger partial charge >= 0.3 is 6.09 Å². The van der Waals surface area contributed by atoms with Crippen LogP contribution in [0, 0.1) is 6.92 Å². The number of hydrogen-bond acceptors (Lipinski definition) is 4. The van der Waals surface area contributed by atoms with Gasteiger partial charge in [-0.1, -0.05) is 13.3 Å². The summed E-state index contributed by atoms with van der Waals surface area (Å²) in [6.07, 6.45) is 1.57. The predicted molar refractivity (Wildman–Crippen MR) is 59.9 cm³/mol. The monoisotopic (exact) mass is 228 g/mol. The molecule has 0 spiro atoms. The second kappa shape index (κ2) is 6.40. The first-order valence-electron chi connectivity index (χ1n) is 5.04. The minimum absolute atomic E-state index is 0.367. The highest BCUT2D eigenvalue weighted by Gasteiger charge is 2.03. The van der Waals surface area contributed by atoms with E-state index in [1.807, 2.05) is 12.3 Å². The first-order chi connectivity index (χ1) is 7.22. The summed E-state index contributed by atoms with van der Waals surface area (Å²) in [7, 11) is 0. The lowest BCUT2D eigenvalue weighted by molar-refractivity contribution is 0.144. The third-order valence-corrected chi connectivity index (χ3v) is 2.63. The summed E-state index contributed by atoms with van der Waals surface area (Å²) < 4.78 is 4.94. The third kappa shape index (κ3) is 4.78. The van der Waals surface area contributed by atoms with Crippen LogP contribution in [0.25, 0.3) is 0 Å². The van der Waals surface area contributed by atoms with Crippen molar-refractivity contribution < 1.29 is 9.53 Å². The second-order valence-corrected chi connectivity index (χ2v) is 4.26. The molecule has 0 saturated heterocycles. The zero-order chi connectivity index (χ0) is 11.1. The molecule has 84 valence electrons. The maximum Gasteiger partial charge on any atom is 0.407 e. The molecule has 0 fully saturated rings. The fraction of sp³-hybridized carbons (Fsp3) is 0.600. The Kier molecular flexibility index (Phi) is 5.10. The van der Waals surface area contributed by atoms with Crippen LogP contribution in [-0.4, -0.2) is 17.7 Å². The van der Waals surface area contributed by atoms with E-state index in [0.717, 1.165) is 23.5 Å². The zero-order valence-electron chi connectivity index (χ0n) is 9.08. The molecule has 4 nitrogen and oxygen atoms in total. The summed E-state index contributed by atoms with van der Waals surface area (Å²) in [5.41, 5.74) is 0.880. The highest BCUT2D eigenvalue weighted by atomic mass is 32.1. The van der Waals surface area contributed by atoms with Gasteiger partial charge in [0.1, 0.15) is 0 Å². The first kappa shape index (κ1) is 12.0. The average Bonchev–Trinajstić information content (AvgIpc) is 2.62. The van der Waals surface area contributed by atoms with Gasteiger partial charge in [0.05, 0.1) is 23.9 Å². The van der Waals surface area contributed by atoms with Gasteiger partial charge in [0.2, 0.25) is 0 Å². The van der Waals surface area contributed by atoms with Crippen LogP contribution in [0.5, 0.6) is 0 Å². The molecule has 1 heterocycles. The number of nitrogens with zero attached hydrogens (tertiary/aromatic N) is 1. The first-order valence-corrected chi connectivity index (χ1v) is 5.92. The molecule has 0 unspecified atom stereocenters. The largest absolute Gasteiger partial charge is 0.450 e. The molecule has 0 radical (unpaired) electrons. The SMILES string of the molecule is CCCCOC(=O)NCc1csc(C)n1. The summed E-state index contributed by atoms with van der Waals surface area (Å²) in [5, 5.41) is 5.59. The highest BCUT2D eigenvalue weighted by molar-refractivity contribution is 7.09. The maximum absolute atomic E-state index is 11.1. The molecule has 1 rings (SSSR count). The smallest absolute Gasteiger partial charge is 0.407 e. The Bertz CT molecular complexity index is 312. The minimum Gasteiger partial charge on any atom is -0.450 e. The predicted octanol–water partition coefficient (Wildman–Crippen LogP) is 2.48. The molecule has 0 bridgehead atoms. The lowest BCUT2D eigenvalue weighted by atomic mass is 10.4. The van der Waals surface area contributed by atoms with Crippen LogP contribution in [-0.2, 0) is 11.3 Å². The van der Waals surface area contributed by atoms with Crippen molar-refractivity contribution in [1.82, 2.24) is 10.3 Å². The van der Waals surface area contributed by atoms with Gasteiger partial charge in [-0.3, -0.25) is 0 Å². The number of amides is 1. The summed E-state index contributed by atoms with van der Waals surface area (Å²) in [6.45, 7) is 4.92. The van der Waals surface area contributed by atoms with E-state index in [0.29, 0.717) is 13.2 Å². The van der Waals surface area contributed by atoms with Crippen molar-refractivity contribution in [3.05, 3.63) is 16.1 Å². The Morgan fingerprint density at radius 1 is 1.67 bits per heavy atom. The Morgan fingerprint density at radius 3 is 3.07 bits per heavy atom. The van der Waals surface area contributed by atoms with Crippen molar-refractivity contribution in [2.24, 2.45) is 0 Å². The summed E-state index contributed by atoms with van der Waals surface area (Å²) in [6, 6.07) is 0. The lowest BCUT2D eigenvalue weighted by Crippen LogP contribution is -2.24. The Balaban J connectivity index is 2.16. The number of unbranched alkanes of at least 4 members (excludes halogenated alkanes) is 1. The van der Waals surface area contributed by atoms with Gasteiger partial charge in [-0.2, -0.15) is 0 Å². The third-order valence-electron chi connectivity index (χ3n) is 1.81. The average molecular weight is 228 g/mol. The fourth-order valence-corrected chi connectivity index (χ4v) is 1.62. The van der Waals surface area contributed by atoms with Gasteiger partial charge in [-0.25, -0.2) is 9.78 Å². The van der Waals surface area contributed by atoms with E-state index < -0.39 is 0 Å². The number of rotatable bonds is 5. The second-order valence-electron chi connectivity index (χ2n) is 3.20. The van der Waals surface area contributed by atoms with Crippen molar-refractivity contribution in [2.75, 3.05) is 6.61 Å². The minimum atomic E-state index is -0.367. The molecule has 15 heavy (non-hydrogen) atoms. The van der Waals surface area contributed by atoms with E-state index >= 15 is 0 Å². The molecule has 5 heteroatoms. The molecule has 1 amide bonds. The van der Waals surface area contributed by atoms with Gasteiger partial charge < -0.3 is 10.1 Å². The quantitative estimate of drug-likeness (QED) is 0.788. The molecule has 0 atom stereocenters. The van der Waals surface area contributed by atoms with Gasteiger partial charge in [-0.15, -0.1) is 11.3 Å². The number of aryl methyl sites for hydroxylation is 1. The lowest BCUT2D eigenvalue weighted by Gasteiger charge is -2.04. The van der Waals surface area contributed by atoms with Gasteiger partial charge in [-0.05, 0) is 13.3 Å². The van der Waals surface area contributed by atoms with Crippen LogP contribution in [0.3, 0.4) is 0 Å². The molecule has 0 aliphatic carbocycles. The van der Waals surface area contributed by atoms with Crippen molar-refractivity contribution in [3.63, 3.8) is 0 Å². The highest BCUT2D eigenvalue weighted by Crippen LogP contribution is 2.07. The van der Waals surface area contributed by atoms with E-state index in [4.69, 9.17) is 4.74 Å². The molecule has 0 saturated carbocycles. The fourth-order valence-electron chi connectivity index (χ4n) is 1.01. The van der Waals surface area contributed by atoms with Crippen LogP contribution in [0.15, 0.2) is 5.38 Å². The van der Waals surface area contributed by atoms with E-state index in [1.165, 1.54) is 0 Å². The Hall–Kier alpha value is -1.10. The van der Waals surface area contributed by atoms with E-state index in [1.54, 1.807) is 11.3 Å². The van der Waals surface area contributed by atoms with E-state index in [2.05, 4.69) is 17.2 Å². The van der Waals surface area contributed by atoms with Crippen LogP contribution in [0.4, 0.5) is 4.79 Å². The molecule has 1 aromatic heterocycles. The summed E-state index contributed by atoms with van der Waals surface area (Å²) >= 11 is 1.57. The molecule has 0 aromatic carbocycles. The van der Waals surface area contributed by atoms with Crippen LogP contribution < -0.4 is 5.32 Å². The Morgan fingerprint density at radius 2 is 2.47 bits per heavy atom. The molecule has 1 aromatic rings. The van der Waals surface area contributed by atoms with Crippen molar-refractivity contribution in [2.45, 2.75) is 33.2 Å². The van der Waals surface area contributed by atoms with Crippen molar-refractivity contribution in [1.29, 1.82) is 0 Å². The van der Waals surface area contributed by atoms with Gasteiger partial charge in [0.25, 0.3) is 0 Å². The topological polar surface area (TPSA) is 51.2 Å². The molecular weight excluding hydrogens is 212 g/mol. The molecular formula is C10H16N2O2S. The standard InChI is InChI=1S/C10H16N2O2S/c1-3-4-5-14-10(13)11-6-9-7-15-8(2)12-9/h7H,3-6H2,1-2H3,(H,11,13). The number of alkyl carbamates (subject to hydrolysis) is 1. The maximum atomic E-state index is 11.1. The summed E-state index contributed by atoms with van der Waals surface area (Å²) in [4.78, 5) is 15.4. The molecule has 1 N–H and O–H groups in total. The Labute approximate surface area is 93.7 Å². The summed E-state index contributed by atoms with van der Waals surface area (Å²) in [5.74, 6) is 0. The number of thiazole rings is 1. The van der Waals surface area contributed by atoms with Crippen molar-refractivity contribution in [3.8, 4) is 0 Å². The number of carbonyl (C=O) groups is 1. The van der Waals surface area contributed by atoms with Crippen LogP contribution >= 0.6 is 11.3 Å². The number of nitrogens with one attached hydrogen (secondary N) is 1. The molecule has 0 aliphatic rings. The normalized spacial score (nSPS) is 10.0. The zero-order valence-corrected chi connectivity index (χ0v) is 9.89. The van der Waals surface area contributed by atoms with Crippen molar-refractivity contribution >= 4 is 17.4 Å². The number of ether oxygens (including phenoxy) is 1. The van der Waals surface area contributed by atoms with Gasteiger partial charge in [0, 0.05) is 5.38 Å². The number of carbonyl (C=O) groups excluding carboxylic acids is 1. The number of aromatic nitrogens is 1. The van der Waals surface area contributed by atoms with Crippen LogP contribution in [0.2, 0.25) is 0 Å².